The molecule has 1 atom stereocenters. The Bertz CT molecular complexity index is 615. The molecule has 0 spiro atoms. The Kier molecular flexibility index (Phi) is 5.88. The number of aromatic nitrogens is 4. The van der Waals surface area contributed by atoms with Crippen molar-refractivity contribution in [2.24, 2.45) is 0 Å². The van der Waals surface area contributed by atoms with E-state index in [9.17, 15) is 0 Å². The molecule has 0 saturated carbocycles. The number of tetrazole rings is 1. The molecule has 0 radical (unpaired) electrons. The van der Waals surface area contributed by atoms with Crippen LogP contribution in [0.1, 0.15) is 17.4 Å². The highest BCUT2D eigenvalue weighted by atomic mass is 35.5. The van der Waals surface area contributed by atoms with Gasteiger partial charge in [-0.15, -0.1) is 5.10 Å². The first-order valence-electron chi connectivity index (χ1n) is 7.72. The number of hydrogen-bond acceptors (Lipinski definition) is 5. The molecule has 0 amide bonds. The van der Waals surface area contributed by atoms with Gasteiger partial charge >= 0.3 is 0 Å². The minimum absolute atomic E-state index is 0.125. The van der Waals surface area contributed by atoms with E-state index in [0.29, 0.717) is 13.2 Å². The second-order valence-electron chi connectivity index (χ2n) is 5.51. The second-order valence-corrected chi connectivity index (χ2v) is 7.17. The first-order chi connectivity index (χ1) is 11.3. The molecule has 1 aromatic carbocycles. The Labute approximate surface area is 145 Å². The lowest BCUT2D eigenvalue weighted by Crippen LogP contribution is -3.14. The highest BCUT2D eigenvalue weighted by Crippen LogP contribution is 2.20. The third-order valence-corrected chi connectivity index (χ3v) is 5.31. The summed E-state index contributed by atoms with van der Waals surface area (Å²) in [5.41, 5.74) is 1.20. The monoisotopic (exact) mass is 354 g/mol. The number of methoxy groups -OCH3 is 1. The molecule has 6 nitrogen and oxygen atoms in total. The summed E-state index contributed by atoms with van der Waals surface area (Å²) in [7, 11) is 1.69. The average Bonchev–Trinajstić information content (AvgIpc) is 3.04. The number of thioether (sulfide) groups is 1. The number of benzene rings is 1. The number of rotatable bonds is 6. The predicted octanol–water partition coefficient (Wildman–Crippen LogP) is 0.694. The highest BCUT2D eigenvalue weighted by Gasteiger charge is 2.32. The van der Waals surface area contributed by atoms with Crippen LogP contribution in [-0.4, -0.2) is 58.5 Å². The lowest BCUT2D eigenvalue weighted by molar-refractivity contribution is -0.922. The third kappa shape index (κ3) is 4.03. The van der Waals surface area contributed by atoms with Crippen LogP contribution >= 0.6 is 23.4 Å². The smallest absolute Gasteiger partial charge is 0.214 e. The molecule has 1 aliphatic heterocycles. The fraction of sp³-hybridized carbons (Fsp3) is 0.533. The van der Waals surface area contributed by atoms with E-state index in [1.54, 1.807) is 7.11 Å². The predicted molar refractivity (Wildman–Crippen MR) is 91.0 cm³/mol. The number of quaternary nitrogens is 1. The van der Waals surface area contributed by atoms with Crippen molar-refractivity contribution in [1.82, 2.24) is 20.2 Å². The van der Waals surface area contributed by atoms with Gasteiger partial charge in [-0.2, -0.15) is 11.8 Å². The topological polar surface area (TPSA) is 57.3 Å². The Morgan fingerprint density at radius 2 is 2.04 bits per heavy atom. The van der Waals surface area contributed by atoms with Crippen LogP contribution in [0.5, 0.6) is 0 Å². The summed E-state index contributed by atoms with van der Waals surface area (Å²) in [6.07, 6.45) is 0. The van der Waals surface area contributed by atoms with Gasteiger partial charge in [0.05, 0.1) is 26.2 Å². The van der Waals surface area contributed by atoms with E-state index in [1.807, 2.05) is 28.6 Å². The van der Waals surface area contributed by atoms with Crippen LogP contribution in [0.15, 0.2) is 24.3 Å². The molecular weight excluding hydrogens is 334 g/mol. The summed E-state index contributed by atoms with van der Waals surface area (Å²) in [6.45, 7) is 3.46. The zero-order chi connectivity index (χ0) is 16.1. The van der Waals surface area contributed by atoms with Crippen molar-refractivity contribution in [3.8, 4) is 0 Å². The number of hydrogen-bond donors (Lipinski definition) is 1. The quantitative estimate of drug-likeness (QED) is 0.827. The molecule has 3 rings (SSSR count). The van der Waals surface area contributed by atoms with E-state index >= 15 is 0 Å². The Hall–Kier alpha value is -1.15. The maximum Gasteiger partial charge on any atom is 0.214 e. The van der Waals surface area contributed by atoms with Gasteiger partial charge in [0, 0.05) is 29.2 Å². The second kappa shape index (κ2) is 8.10. The molecule has 1 saturated heterocycles. The average molecular weight is 355 g/mol. The number of nitrogens with zero attached hydrogens (tertiary/aromatic N) is 4. The molecule has 0 unspecified atom stereocenters. The van der Waals surface area contributed by atoms with Gasteiger partial charge in [0.1, 0.15) is 0 Å². The lowest BCUT2D eigenvalue weighted by atomic mass is 10.0. The fourth-order valence-electron chi connectivity index (χ4n) is 2.90. The van der Waals surface area contributed by atoms with Gasteiger partial charge < -0.3 is 9.64 Å². The molecule has 1 fully saturated rings. The molecule has 2 aromatic rings. The lowest BCUT2D eigenvalue weighted by Gasteiger charge is -2.30. The molecule has 1 aliphatic rings. The molecule has 0 aliphatic carbocycles. The Morgan fingerprint density at radius 1 is 1.30 bits per heavy atom. The molecule has 1 N–H and O–H groups in total. The summed E-state index contributed by atoms with van der Waals surface area (Å²) < 4.78 is 7.03. The van der Waals surface area contributed by atoms with E-state index in [0.717, 1.165) is 23.9 Å². The van der Waals surface area contributed by atoms with Crippen molar-refractivity contribution >= 4 is 23.4 Å². The summed E-state index contributed by atoms with van der Waals surface area (Å²) in [5.74, 6) is 3.23. The van der Waals surface area contributed by atoms with Gasteiger partial charge in [0.2, 0.25) is 5.82 Å². The van der Waals surface area contributed by atoms with Gasteiger partial charge in [-0.3, -0.25) is 0 Å². The van der Waals surface area contributed by atoms with Crippen LogP contribution in [-0.2, 0) is 11.3 Å². The minimum atomic E-state index is 0.125. The van der Waals surface area contributed by atoms with Gasteiger partial charge in [-0.25, -0.2) is 4.68 Å². The van der Waals surface area contributed by atoms with Crippen molar-refractivity contribution in [3.05, 3.63) is 40.7 Å². The van der Waals surface area contributed by atoms with E-state index in [2.05, 4.69) is 27.7 Å². The van der Waals surface area contributed by atoms with Crippen molar-refractivity contribution < 1.29 is 9.64 Å². The van der Waals surface area contributed by atoms with Crippen molar-refractivity contribution in [3.63, 3.8) is 0 Å². The molecule has 0 bridgehead atoms. The van der Waals surface area contributed by atoms with Crippen LogP contribution < -0.4 is 4.90 Å². The van der Waals surface area contributed by atoms with Crippen molar-refractivity contribution in [1.29, 1.82) is 0 Å². The first kappa shape index (κ1) is 16.7. The van der Waals surface area contributed by atoms with Crippen LogP contribution in [0.3, 0.4) is 0 Å². The molecule has 2 heterocycles. The molecule has 124 valence electrons. The zero-order valence-corrected chi connectivity index (χ0v) is 14.7. The standard InChI is InChI=1S/C15H20ClN5OS/c1-22-9-6-21-15(17-18-19-21)14(20-7-10-23-11-8-20)12-2-4-13(16)5-3-12/h2-5,14H,6-11H2,1H3/p+1/t14-/m1/s1. The maximum absolute atomic E-state index is 6.05. The summed E-state index contributed by atoms with van der Waals surface area (Å²) in [6, 6.07) is 8.16. The highest BCUT2D eigenvalue weighted by molar-refractivity contribution is 7.99. The van der Waals surface area contributed by atoms with Gasteiger partial charge in [0.25, 0.3) is 0 Å². The van der Waals surface area contributed by atoms with E-state index in [-0.39, 0.29) is 6.04 Å². The Balaban J connectivity index is 1.94. The number of nitrogens with one attached hydrogen (secondary N) is 1. The van der Waals surface area contributed by atoms with Crippen LogP contribution in [0, 0.1) is 0 Å². The fourth-order valence-corrected chi connectivity index (χ4v) is 4.04. The molecule has 1 aromatic heterocycles. The van der Waals surface area contributed by atoms with Crippen LogP contribution in [0.4, 0.5) is 0 Å². The SMILES string of the molecule is COCCn1nnnc1[C@@H](c1ccc(Cl)cc1)[NH+]1CCSCC1. The summed E-state index contributed by atoms with van der Waals surface area (Å²) >= 11 is 8.06. The molecular formula is C15H21ClN5OS+. The van der Waals surface area contributed by atoms with Crippen molar-refractivity contribution in [2.45, 2.75) is 12.6 Å². The normalized spacial score (nSPS) is 17.3. The molecule has 23 heavy (non-hydrogen) atoms. The van der Waals surface area contributed by atoms with E-state index in [4.69, 9.17) is 16.3 Å². The summed E-state index contributed by atoms with van der Waals surface area (Å²) in [5, 5.41) is 13.1. The van der Waals surface area contributed by atoms with E-state index < -0.39 is 0 Å². The number of halogens is 1. The van der Waals surface area contributed by atoms with Gasteiger partial charge in [0.15, 0.2) is 6.04 Å². The zero-order valence-electron chi connectivity index (χ0n) is 13.1. The minimum Gasteiger partial charge on any atom is -0.383 e. The van der Waals surface area contributed by atoms with Gasteiger partial charge in [-0.1, -0.05) is 23.7 Å². The van der Waals surface area contributed by atoms with Crippen molar-refractivity contribution in [2.75, 3.05) is 38.3 Å². The molecule has 8 heteroatoms. The van der Waals surface area contributed by atoms with Crippen LogP contribution in [0.25, 0.3) is 0 Å². The summed E-state index contributed by atoms with van der Waals surface area (Å²) in [4.78, 5) is 1.50. The van der Waals surface area contributed by atoms with Gasteiger partial charge in [-0.05, 0) is 22.6 Å². The first-order valence-corrected chi connectivity index (χ1v) is 9.25. The largest absolute Gasteiger partial charge is 0.383 e. The Morgan fingerprint density at radius 3 is 2.74 bits per heavy atom. The number of ether oxygens (including phenoxy) is 1. The third-order valence-electron chi connectivity index (χ3n) is 4.07. The van der Waals surface area contributed by atoms with E-state index in [1.165, 1.54) is 22.0 Å². The van der Waals surface area contributed by atoms with Crippen LogP contribution in [0.2, 0.25) is 5.02 Å². The maximum atomic E-state index is 6.05.